The fourth-order valence-electron chi connectivity index (χ4n) is 1.56. The van der Waals surface area contributed by atoms with Gasteiger partial charge in [-0.25, -0.2) is 0 Å². The molecule has 0 amide bonds. The van der Waals surface area contributed by atoms with Crippen LogP contribution in [0.5, 0.6) is 0 Å². The molecule has 0 heterocycles. The molecule has 0 saturated heterocycles. The average molecular weight is 214 g/mol. The summed E-state index contributed by atoms with van der Waals surface area (Å²) in [6.45, 7) is 0. The monoisotopic (exact) mass is 214 g/mol. The summed E-state index contributed by atoms with van der Waals surface area (Å²) < 4.78 is 0. The summed E-state index contributed by atoms with van der Waals surface area (Å²) in [5.41, 5.74) is 1.04. The summed E-state index contributed by atoms with van der Waals surface area (Å²) in [7, 11) is 0. The third kappa shape index (κ3) is 2.14. The topological polar surface area (TPSA) is 51.2 Å². The third-order valence-electron chi connectivity index (χ3n) is 2.47. The summed E-state index contributed by atoms with van der Waals surface area (Å²) in [6, 6.07) is 0. The fraction of sp³-hybridized carbons (Fsp3) is 0.154. The van der Waals surface area contributed by atoms with Gasteiger partial charge in [0, 0.05) is 24.0 Å². The molecular weight excluding hydrogens is 204 g/mol. The van der Waals surface area contributed by atoms with Gasteiger partial charge in [-0.15, -0.1) is 0 Å². The minimum atomic E-state index is -0.132. The first-order chi connectivity index (χ1) is 7.66. The van der Waals surface area contributed by atoms with E-state index < -0.39 is 0 Å². The van der Waals surface area contributed by atoms with Crippen molar-refractivity contribution in [3.63, 3.8) is 0 Å². The maximum Gasteiger partial charge on any atom is 0.192 e. The van der Waals surface area contributed by atoms with Crippen LogP contribution >= 0.6 is 0 Å². The summed E-state index contributed by atoms with van der Waals surface area (Å²) in [5, 5.41) is 0. The average Bonchev–Trinajstić information content (AvgIpc) is 2.30. The minimum absolute atomic E-state index is 0.0000985. The van der Waals surface area contributed by atoms with Crippen molar-refractivity contribution >= 4 is 17.3 Å². The molecule has 0 aromatic carbocycles. The summed E-state index contributed by atoms with van der Waals surface area (Å²) in [6.07, 6.45) is 9.65. The van der Waals surface area contributed by atoms with E-state index in [1.165, 1.54) is 24.3 Å². The van der Waals surface area contributed by atoms with Crippen molar-refractivity contribution in [1.29, 1.82) is 0 Å². The first kappa shape index (κ1) is 10.5. The lowest BCUT2D eigenvalue weighted by molar-refractivity contribution is -0.114. The van der Waals surface area contributed by atoms with Crippen LogP contribution in [0.25, 0.3) is 0 Å². The van der Waals surface area contributed by atoms with E-state index in [-0.39, 0.29) is 30.2 Å². The first-order valence-corrected chi connectivity index (χ1v) is 5.03. The zero-order valence-corrected chi connectivity index (χ0v) is 8.60. The number of hydrogen-bond acceptors (Lipinski definition) is 3. The first-order valence-electron chi connectivity index (χ1n) is 5.03. The zero-order valence-electron chi connectivity index (χ0n) is 8.60. The number of carbonyl (C=O) groups is 3. The van der Waals surface area contributed by atoms with Gasteiger partial charge < -0.3 is 0 Å². The SMILES string of the molecule is O=C1C=CC(C(=O)C2=CCC(=O)C=C2)=CC1. The molecule has 2 rings (SSSR count). The number of hydrogen-bond donors (Lipinski definition) is 0. The molecule has 0 spiro atoms. The van der Waals surface area contributed by atoms with Gasteiger partial charge in [0.1, 0.15) is 0 Å². The van der Waals surface area contributed by atoms with Gasteiger partial charge in [-0.05, 0) is 24.3 Å². The zero-order chi connectivity index (χ0) is 11.5. The molecule has 0 fully saturated rings. The second-order valence-corrected chi connectivity index (χ2v) is 3.66. The Hall–Kier alpha value is -2.03. The molecular formula is C13H10O3. The van der Waals surface area contributed by atoms with E-state index in [1.54, 1.807) is 12.2 Å². The number of allylic oxidation sites excluding steroid dienone is 8. The van der Waals surface area contributed by atoms with Gasteiger partial charge >= 0.3 is 0 Å². The Labute approximate surface area is 92.8 Å². The van der Waals surface area contributed by atoms with Crippen LogP contribution in [0.1, 0.15) is 12.8 Å². The highest BCUT2D eigenvalue weighted by Crippen LogP contribution is 2.16. The number of carbonyl (C=O) groups excluding carboxylic acids is 3. The van der Waals surface area contributed by atoms with Crippen LogP contribution in [0.3, 0.4) is 0 Å². The number of ketones is 3. The van der Waals surface area contributed by atoms with Gasteiger partial charge in [0.25, 0.3) is 0 Å². The number of Topliss-reactive ketones (excluding diaryl/α,β-unsaturated/α-hetero) is 1. The van der Waals surface area contributed by atoms with Crippen molar-refractivity contribution in [3.8, 4) is 0 Å². The summed E-state index contributed by atoms with van der Waals surface area (Å²) >= 11 is 0. The Morgan fingerprint density at radius 2 is 1.25 bits per heavy atom. The molecule has 0 atom stereocenters. The van der Waals surface area contributed by atoms with Crippen LogP contribution in [-0.4, -0.2) is 17.3 Å². The van der Waals surface area contributed by atoms with Crippen molar-refractivity contribution in [3.05, 3.63) is 47.6 Å². The van der Waals surface area contributed by atoms with Crippen molar-refractivity contribution in [2.75, 3.05) is 0 Å². The third-order valence-corrected chi connectivity index (χ3v) is 2.47. The van der Waals surface area contributed by atoms with Gasteiger partial charge in [0.15, 0.2) is 17.3 Å². The largest absolute Gasteiger partial charge is 0.295 e. The van der Waals surface area contributed by atoms with E-state index in [4.69, 9.17) is 0 Å². The molecule has 16 heavy (non-hydrogen) atoms. The van der Waals surface area contributed by atoms with E-state index in [9.17, 15) is 14.4 Å². The van der Waals surface area contributed by atoms with Gasteiger partial charge in [-0.2, -0.15) is 0 Å². The molecule has 0 aromatic heterocycles. The Morgan fingerprint density at radius 1 is 0.812 bits per heavy atom. The highest BCUT2D eigenvalue weighted by molar-refractivity contribution is 6.15. The van der Waals surface area contributed by atoms with Gasteiger partial charge in [0.2, 0.25) is 0 Å². The lowest BCUT2D eigenvalue weighted by atomic mass is 9.94. The smallest absolute Gasteiger partial charge is 0.192 e. The lowest BCUT2D eigenvalue weighted by Gasteiger charge is -2.08. The van der Waals surface area contributed by atoms with Gasteiger partial charge in [-0.1, -0.05) is 12.2 Å². The van der Waals surface area contributed by atoms with Gasteiger partial charge in [-0.3, -0.25) is 14.4 Å². The van der Waals surface area contributed by atoms with Crippen molar-refractivity contribution < 1.29 is 14.4 Å². The molecule has 0 aromatic rings. The highest BCUT2D eigenvalue weighted by atomic mass is 16.1. The van der Waals surface area contributed by atoms with E-state index >= 15 is 0 Å². The van der Waals surface area contributed by atoms with E-state index in [2.05, 4.69) is 0 Å². The second-order valence-electron chi connectivity index (χ2n) is 3.66. The Morgan fingerprint density at radius 3 is 1.56 bits per heavy atom. The summed E-state index contributed by atoms with van der Waals surface area (Å²) in [5.74, 6) is -0.132. The molecule has 2 aliphatic rings. The predicted molar refractivity (Wildman–Crippen MR) is 58.7 cm³/mol. The molecule has 0 radical (unpaired) electrons. The minimum Gasteiger partial charge on any atom is -0.295 e. The van der Waals surface area contributed by atoms with Gasteiger partial charge in [0.05, 0.1) is 0 Å². The van der Waals surface area contributed by atoms with E-state index in [1.807, 2.05) is 0 Å². The van der Waals surface area contributed by atoms with Crippen molar-refractivity contribution in [2.45, 2.75) is 12.8 Å². The maximum absolute atomic E-state index is 11.9. The van der Waals surface area contributed by atoms with Crippen LogP contribution in [0.2, 0.25) is 0 Å². The molecule has 0 bridgehead atoms. The molecule has 0 aliphatic heterocycles. The second kappa shape index (κ2) is 4.23. The van der Waals surface area contributed by atoms with E-state index in [0.717, 1.165) is 0 Å². The molecule has 80 valence electrons. The quantitative estimate of drug-likeness (QED) is 0.699. The normalized spacial score (nSPS) is 19.5. The summed E-state index contributed by atoms with van der Waals surface area (Å²) in [4.78, 5) is 33.8. The lowest BCUT2D eigenvalue weighted by Crippen LogP contribution is -2.10. The molecule has 3 heteroatoms. The van der Waals surface area contributed by atoms with Crippen LogP contribution < -0.4 is 0 Å². The predicted octanol–water partition coefficient (Wildman–Crippen LogP) is 1.47. The maximum atomic E-state index is 11.9. The van der Waals surface area contributed by atoms with Crippen LogP contribution in [0, 0.1) is 0 Å². The molecule has 3 nitrogen and oxygen atoms in total. The highest BCUT2D eigenvalue weighted by Gasteiger charge is 2.16. The fourth-order valence-corrected chi connectivity index (χ4v) is 1.56. The van der Waals surface area contributed by atoms with Crippen LogP contribution in [-0.2, 0) is 14.4 Å². The Balaban J connectivity index is 2.16. The van der Waals surface area contributed by atoms with Crippen LogP contribution in [0.15, 0.2) is 47.6 Å². The molecule has 2 aliphatic carbocycles. The standard InChI is InChI=1S/C13H10O3/c14-11-5-1-9(2-6-11)13(16)10-3-7-12(15)8-4-10/h1-5,7H,6,8H2. The molecule has 0 N–H and O–H groups in total. The molecule has 0 saturated carbocycles. The van der Waals surface area contributed by atoms with E-state index in [0.29, 0.717) is 11.1 Å². The van der Waals surface area contributed by atoms with Crippen molar-refractivity contribution in [2.24, 2.45) is 0 Å². The Kier molecular flexibility index (Phi) is 2.77. The van der Waals surface area contributed by atoms with Crippen LogP contribution in [0.4, 0.5) is 0 Å². The molecule has 0 unspecified atom stereocenters. The Bertz CT molecular complexity index is 443. The number of rotatable bonds is 2. The van der Waals surface area contributed by atoms with Crippen molar-refractivity contribution in [1.82, 2.24) is 0 Å².